The highest BCUT2D eigenvalue weighted by atomic mass is 35.5. The summed E-state index contributed by atoms with van der Waals surface area (Å²) < 4.78 is 10.3. The average molecular weight is 452 g/mol. The van der Waals surface area contributed by atoms with Crippen LogP contribution in [-0.4, -0.2) is 65.4 Å². The molecule has 5 N–H and O–H groups in total. The van der Waals surface area contributed by atoms with Crippen LogP contribution in [0.3, 0.4) is 0 Å². The number of ether oxygens (including phenoxy) is 2. The van der Waals surface area contributed by atoms with E-state index in [0.717, 1.165) is 0 Å². The number of aliphatic imine (C=N–C) groups is 1. The number of carbonyl (C=O) groups is 1. The smallest absolute Gasteiger partial charge is 0.434 e. The van der Waals surface area contributed by atoms with Crippen LogP contribution in [0.1, 0.15) is 19.8 Å². The number of halogens is 2. The predicted molar refractivity (Wildman–Crippen MR) is 106 cm³/mol. The summed E-state index contributed by atoms with van der Waals surface area (Å²) in [5.74, 6) is 0.452. The number of rotatable bonds is 9. The van der Waals surface area contributed by atoms with Crippen molar-refractivity contribution in [2.45, 2.75) is 26.0 Å². The Morgan fingerprint density at radius 2 is 2.00 bits per heavy atom. The molecule has 1 aromatic carbocycles. The van der Waals surface area contributed by atoms with Crippen LogP contribution in [0.25, 0.3) is 0 Å². The maximum atomic E-state index is 11.9. The van der Waals surface area contributed by atoms with Crippen molar-refractivity contribution in [1.29, 1.82) is 0 Å². The topological polar surface area (TPSA) is 142 Å². The molecule has 1 heterocycles. The zero-order valence-electron chi connectivity index (χ0n) is 15.7. The van der Waals surface area contributed by atoms with Crippen LogP contribution in [-0.2, 0) is 14.3 Å². The summed E-state index contributed by atoms with van der Waals surface area (Å²) in [6, 6.07) is 3.13. The van der Waals surface area contributed by atoms with Crippen molar-refractivity contribution < 1.29 is 29.5 Å². The Morgan fingerprint density at radius 3 is 2.66 bits per heavy atom. The average Bonchev–Trinajstić information content (AvgIpc) is 3.09. The van der Waals surface area contributed by atoms with Crippen LogP contribution >= 0.6 is 23.2 Å². The predicted octanol–water partition coefficient (Wildman–Crippen LogP) is 2.95. The van der Waals surface area contributed by atoms with Crippen LogP contribution in [0, 0.1) is 0 Å². The normalized spacial score (nSPS) is 14.7. The van der Waals surface area contributed by atoms with Gasteiger partial charge in [0.25, 0.3) is 0 Å². The SMILES string of the molecule is CC(OC(=O)OCCCCON(O)O)N1CCN=C1Nc1c(Cl)cc(N)cc1Cl. The second kappa shape index (κ2) is 11.2. The van der Waals surface area contributed by atoms with Gasteiger partial charge in [-0.15, -0.1) is 0 Å². The second-order valence-electron chi connectivity index (χ2n) is 5.99. The molecule has 1 aromatic rings. The number of hydrogen-bond donors (Lipinski definition) is 4. The fourth-order valence-corrected chi connectivity index (χ4v) is 3.09. The standard InChI is InChI=1S/C16H23Cl2N5O6/c1-10(29-16(24)27-6-2-3-7-28-23(25)26)22-5-4-20-15(22)21-14-12(17)8-11(19)9-13(14)18/h8-10,25-26H,2-7,19H2,1H3,(H,20,21). The van der Waals surface area contributed by atoms with E-state index in [9.17, 15) is 4.79 Å². The van der Waals surface area contributed by atoms with Crippen molar-refractivity contribution in [3.8, 4) is 0 Å². The maximum absolute atomic E-state index is 11.9. The third kappa shape index (κ3) is 7.38. The molecule has 13 heteroatoms. The van der Waals surface area contributed by atoms with Gasteiger partial charge in [0.1, 0.15) is 0 Å². The first kappa shape index (κ1) is 23.3. The van der Waals surface area contributed by atoms with Gasteiger partial charge < -0.3 is 25.4 Å². The van der Waals surface area contributed by atoms with Crippen molar-refractivity contribution in [2.24, 2.45) is 4.99 Å². The Bertz CT molecular complexity index is 713. The van der Waals surface area contributed by atoms with E-state index in [-0.39, 0.29) is 18.6 Å². The number of carbonyl (C=O) groups excluding carboxylic acids is 1. The summed E-state index contributed by atoms with van der Waals surface area (Å²) in [5, 5.41) is 20.1. The van der Waals surface area contributed by atoms with E-state index in [1.54, 1.807) is 24.0 Å². The van der Waals surface area contributed by atoms with Gasteiger partial charge in [-0.25, -0.2) is 4.79 Å². The molecule has 0 spiro atoms. The molecule has 29 heavy (non-hydrogen) atoms. The molecule has 0 fully saturated rings. The Hall–Kier alpha value is -2.02. The number of nitrogens with one attached hydrogen (secondary N) is 1. The third-order valence-electron chi connectivity index (χ3n) is 3.85. The highest BCUT2D eigenvalue weighted by molar-refractivity contribution is 6.40. The fourth-order valence-electron chi connectivity index (χ4n) is 2.49. The van der Waals surface area contributed by atoms with E-state index < -0.39 is 12.4 Å². The van der Waals surface area contributed by atoms with Crippen LogP contribution in [0.5, 0.6) is 0 Å². The molecule has 0 aliphatic carbocycles. The molecule has 1 atom stereocenters. The van der Waals surface area contributed by atoms with Gasteiger partial charge in [-0.2, -0.15) is 0 Å². The summed E-state index contributed by atoms with van der Waals surface area (Å²) in [7, 11) is 0. The molecule has 0 aromatic heterocycles. The molecule has 1 aliphatic heterocycles. The van der Waals surface area contributed by atoms with Gasteiger partial charge in [-0.1, -0.05) is 23.2 Å². The Kier molecular flexibility index (Phi) is 9.01. The highest BCUT2D eigenvalue weighted by Gasteiger charge is 2.26. The third-order valence-corrected chi connectivity index (χ3v) is 4.44. The Morgan fingerprint density at radius 1 is 1.34 bits per heavy atom. The monoisotopic (exact) mass is 451 g/mol. The van der Waals surface area contributed by atoms with Gasteiger partial charge in [-0.3, -0.25) is 20.2 Å². The number of guanidine groups is 1. The van der Waals surface area contributed by atoms with E-state index >= 15 is 0 Å². The minimum Gasteiger partial charge on any atom is -0.434 e. The van der Waals surface area contributed by atoms with Crippen molar-refractivity contribution in [1.82, 2.24) is 10.3 Å². The molecule has 1 unspecified atom stereocenters. The van der Waals surface area contributed by atoms with Crippen LogP contribution < -0.4 is 11.1 Å². The lowest BCUT2D eigenvalue weighted by molar-refractivity contribution is -0.492. The van der Waals surface area contributed by atoms with Crippen LogP contribution in [0.4, 0.5) is 16.2 Å². The lowest BCUT2D eigenvalue weighted by Gasteiger charge is -2.27. The van der Waals surface area contributed by atoms with Gasteiger partial charge in [0.05, 0.1) is 40.9 Å². The first-order chi connectivity index (χ1) is 13.8. The maximum Gasteiger partial charge on any atom is 0.510 e. The lowest BCUT2D eigenvalue weighted by atomic mass is 10.3. The van der Waals surface area contributed by atoms with Crippen molar-refractivity contribution in [3.63, 3.8) is 0 Å². The molecule has 162 valence electrons. The number of hydrogen-bond acceptors (Lipinski definition) is 11. The van der Waals surface area contributed by atoms with Crippen LogP contribution in [0.15, 0.2) is 17.1 Å². The number of benzene rings is 1. The molecule has 1 aliphatic rings. The summed E-state index contributed by atoms with van der Waals surface area (Å²) in [4.78, 5) is 22.3. The zero-order valence-corrected chi connectivity index (χ0v) is 17.2. The largest absolute Gasteiger partial charge is 0.510 e. The fraction of sp³-hybridized carbons (Fsp3) is 0.500. The molecular weight excluding hydrogens is 429 g/mol. The first-order valence-electron chi connectivity index (χ1n) is 8.74. The summed E-state index contributed by atoms with van der Waals surface area (Å²) in [6.07, 6.45) is -0.567. The Balaban J connectivity index is 1.81. The molecule has 0 bridgehead atoms. The minimum absolute atomic E-state index is 0.0668. The zero-order chi connectivity index (χ0) is 21.4. The van der Waals surface area contributed by atoms with Gasteiger partial charge in [-0.05, 0) is 31.9 Å². The highest BCUT2D eigenvalue weighted by Crippen LogP contribution is 2.33. The van der Waals surface area contributed by atoms with E-state index in [4.69, 9.17) is 48.8 Å². The number of nitrogens with zero attached hydrogens (tertiary/aromatic N) is 3. The van der Waals surface area contributed by atoms with Gasteiger partial charge in [0, 0.05) is 12.2 Å². The number of anilines is 2. The quantitative estimate of drug-likeness (QED) is 0.191. The molecule has 0 saturated carbocycles. The van der Waals surface area contributed by atoms with E-state index in [2.05, 4.69) is 15.1 Å². The number of unbranched alkanes of at least 4 members (excludes halogenated alkanes) is 1. The van der Waals surface area contributed by atoms with E-state index in [0.29, 0.717) is 53.3 Å². The molecule has 0 radical (unpaired) electrons. The minimum atomic E-state index is -0.834. The lowest BCUT2D eigenvalue weighted by Crippen LogP contribution is -2.42. The van der Waals surface area contributed by atoms with Crippen molar-refractivity contribution in [2.75, 3.05) is 37.4 Å². The van der Waals surface area contributed by atoms with Gasteiger partial charge >= 0.3 is 6.16 Å². The summed E-state index contributed by atoms with van der Waals surface area (Å²) in [5.41, 5.74) is 6.60. The number of nitrogen functional groups attached to an aromatic ring is 1. The van der Waals surface area contributed by atoms with E-state index in [1.165, 1.54) is 0 Å². The molecule has 2 rings (SSSR count). The number of nitrogens with two attached hydrogens (primary N) is 1. The molecule has 0 amide bonds. The van der Waals surface area contributed by atoms with Gasteiger partial charge in [0.2, 0.25) is 5.96 Å². The molecule has 11 nitrogen and oxygen atoms in total. The second-order valence-corrected chi connectivity index (χ2v) is 6.81. The van der Waals surface area contributed by atoms with E-state index in [1.807, 2.05) is 0 Å². The van der Waals surface area contributed by atoms with Crippen LogP contribution in [0.2, 0.25) is 10.0 Å². The van der Waals surface area contributed by atoms with Crippen molar-refractivity contribution in [3.05, 3.63) is 22.2 Å². The summed E-state index contributed by atoms with van der Waals surface area (Å²) >= 11 is 12.4. The van der Waals surface area contributed by atoms with Crippen molar-refractivity contribution >= 4 is 46.7 Å². The molecule has 0 saturated heterocycles. The summed E-state index contributed by atoms with van der Waals surface area (Å²) in [6.45, 7) is 2.87. The molecular formula is C16H23Cl2N5O6. The van der Waals surface area contributed by atoms with Gasteiger partial charge in [0.15, 0.2) is 6.23 Å². The Labute approximate surface area is 177 Å². The first-order valence-corrected chi connectivity index (χ1v) is 9.50.